The number of alkyl halides is 3. The third kappa shape index (κ3) is 10.5. The number of benzene rings is 2. The molecule has 13 nitrogen and oxygen atoms in total. The van der Waals surface area contributed by atoms with Gasteiger partial charge in [-0.15, -0.1) is 11.3 Å². The van der Waals surface area contributed by atoms with Crippen molar-refractivity contribution in [2.45, 2.75) is 121 Å². The minimum absolute atomic E-state index is 0.00747. The van der Waals surface area contributed by atoms with Crippen LogP contribution in [0, 0.1) is 18.8 Å². The third-order valence-corrected chi connectivity index (χ3v) is 15.5. The molecule has 3 amide bonds. The minimum atomic E-state index is -4.60. The SMILES string of the molecule is COc1ccc2c(OC3C[C@@H](C(N)=O)N(C(=O)[C@H](CCCCC/C=C\[C@@H]4C[C@@H]4C(=O)NS(=O)(=O)C4(C)CC4)Nc4cccc(C(F)(F)F)c4)C3)cc(-c3nc(C(C)C)cs3)nc2c1C. The first kappa shape index (κ1) is 46.8. The summed E-state index contributed by atoms with van der Waals surface area (Å²) in [5.74, 6) is -0.785. The fourth-order valence-electron chi connectivity index (χ4n) is 8.06. The molecule has 3 fully saturated rings. The Bertz CT molecular complexity index is 2540. The second-order valence-corrected chi connectivity index (χ2v) is 20.7. The Hall–Kier alpha value is -5.23. The fourth-order valence-corrected chi connectivity index (χ4v) is 10.3. The Labute approximate surface area is 375 Å². The highest BCUT2D eigenvalue weighted by Gasteiger charge is 2.52. The van der Waals surface area contributed by atoms with Gasteiger partial charge in [-0.25, -0.2) is 18.4 Å². The first-order valence-corrected chi connectivity index (χ1v) is 24.0. The number of aryl methyl sites for hydroxylation is 1. The predicted molar refractivity (Wildman–Crippen MR) is 239 cm³/mol. The number of carbonyl (C=O) groups excluding carboxylic acids is 3. The summed E-state index contributed by atoms with van der Waals surface area (Å²) in [6.07, 6.45) is 3.22. The number of sulfonamides is 1. The Morgan fingerprint density at radius 1 is 1.06 bits per heavy atom. The van der Waals surface area contributed by atoms with Crippen molar-refractivity contribution in [1.82, 2.24) is 19.6 Å². The average molecular weight is 925 g/mol. The second kappa shape index (κ2) is 18.7. The van der Waals surface area contributed by atoms with Gasteiger partial charge in [-0.2, -0.15) is 13.2 Å². The molecule has 2 aromatic heterocycles. The van der Waals surface area contributed by atoms with E-state index in [4.69, 9.17) is 25.2 Å². The fraction of sp³-hybridized carbons (Fsp3) is 0.500. The highest BCUT2D eigenvalue weighted by atomic mass is 32.2. The van der Waals surface area contributed by atoms with E-state index >= 15 is 0 Å². The monoisotopic (exact) mass is 924 g/mol. The third-order valence-electron chi connectivity index (χ3n) is 12.5. The van der Waals surface area contributed by atoms with Crippen molar-refractivity contribution in [2.24, 2.45) is 17.6 Å². The van der Waals surface area contributed by atoms with Gasteiger partial charge in [0.1, 0.15) is 40.4 Å². The Morgan fingerprint density at radius 3 is 2.50 bits per heavy atom. The normalized spacial score (nSPS) is 21.0. The van der Waals surface area contributed by atoms with Crippen molar-refractivity contribution in [3.63, 3.8) is 0 Å². The Kier molecular flexibility index (Phi) is 13.7. The van der Waals surface area contributed by atoms with Crippen LogP contribution in [0.4, 0.5) is 18.9 Å². The molecule has 5 atom stereocenters. The number of unbranched alkanes of at least 4 members (excludes halogenated alkanes) is 3. The highest BCUT2D eigenvalue weighted by Crippen LogP contribution is 2.44. The summed E-state index contributed by atoms with van der Waals surface area (Å²) in [7, 11) is -2.11. The molecule has 2 aliphatic carbocycles. The Balaban J connectivity index is 1.04. The number of rotatable bonds is 19. The van der Waals surface area contributed by atoms with Crippen LogP contribution in [0.2, 0.25) is 0 Å². The number of amides is 3. The van der Waals surface area contributed by atoms with E-state index in [1.54, 1.807) is 20.1 Å². The van der Waals surface area contributed by atoms with Crippen molar-refractivity contribution in [1.29, 1.82) is 0 Å². The first-order valence-electron chi connectivity index (χ1n) is 21.7. The van der Waals surface area contributed by atoms with Gasteiger partial charge in [-0.1, -0.05) is 44.9 Å². The summed E-state index contributed by atoms with van der Waals surface area (Å²) in [6.45, 7) is 7.64. The van der Waals surface area contributed by atoms with Crippen molar-refractivity contribution < 1.29 is 45.4 Å². The number of aromatic nitrogens is 2. The van der Waals surface area contributed by atoms with Gasteiger partial charge in [0.05, 0.1) is 35.2 Å². The molecule has 2 saturated carbocycles. The number of allylic oxidation sites excluding steroid dienone is 2. The molecule has 344 valence electrons. The predicted octanol–water partition coefficient (Wildman–Crippen LogP) is 8.27. The lowest BCUT2D eigenvalue weighted by Crippen LogP contribution is -2.49. The van der Waals surface area contributed by atoms with Gasteiger partial charge in [-0.3, -0.25) is 19.1 Å². The number of hydrogen-bond donors (Lipinski definition) is 3. The molecule has 4 N–H and O–H groups in total. The van der Waals surface area contributed by atoms with Gasteiger partial charge in [0.15, 0.2) is 0 Å². The molecule has 2 aromatic carbocycles. The maximum atomic E-state index is 14.5. The number of anilines is 1. The van der Waals surface area contributed by atoms with Crippen LogP contribution in [0.3, 0.4) is 0 Å². The minimum Gasteiger partial charge on any atom is -0.496 e. The van der Waals surface area contributed by atoms with E-state index in [2.05, 4.69) is 23.9 Å². The lowest BCUT2D eigenvalue weighted by Gasteiger charge is -2.28. The number of thiazole rings is 1. The smallest absolute Gasteiger partial charge is 0.416 e. The summed E-state index contributed by atoms with van der Waals surface area (Å²) < 4.78 is 79.7. The molecule has 18 heteroatoms. The molecular weight excluding hydrogens is 870 g/mol. The van der Waals surface area contributed by atoms with Gasteiger partial charge in [0.2, 0.25) is 27.7 Å². The van der Waals surface area contributed by atoms with E-state index in [1.165, 1.54) is 28.4 Å². The largest absolute Gasteiger partial charge is 0.496 e. The molecule has 4 aromatic rings. The van der Waals surface area contributed by atoms with E-state index < -0.39 is 62.4 Å². The van der Waals surface area contributed by atoms with Crippen molar-refractivity contribution in [2.75, 3.05) is 19.0 Å². The van der Waals surface area contributed by atoms with Gasteiger partial charge >= 0.3 is 6.18 Å². The number of halogens is 3. The number of likely N-dealkylation sites (tertiary alicyclic amines) is 1. The van der Waals surface area contributed by atoms with E-state index in [0.29, 0.717) is 71.6 Å². The van der Waals surface area contributed by atoms with Gasteiger partial charge in [-0.05, 0) is 94.5 Å². The van der Waals surface area contributed by atoms with Crippen molar-refractivity contribution in [3.05, 3.63) is 76.8 Å². The van der Waals surface area contributed by atoms with Crippen molar-refractivity contribution >= 4 is 55.7 Å². The molecule has 1 aliphatic heterocycles. The average Bonchev–Trinajstić information content (AvgIpc) is 4.08. The molecule has 3 aliphatic rings. The van der Waals surface area contributed by atoms with Crippen LogP contribution in [-0.4, -0.2) is 77.6 Å². The van der Waals surface area contributed by atoms with Crippen LogP contribution in [0.1, 0.15) is 101 Å². The van der Waals surface area contributed by atoms with Gasteiger partial charge in [0, 0.05) is 40.4 Å². The second-order valence-electron chi connectivity index (χ2n) is 17.7. The summed E-state index contributed by atoms with van der Waals surface area (Å²) in [6, 6.07) is 8.07. The quantitative estimate of drug-likeness (QED) is 0.0612. The maximum absolute atomic E-state index is 14.5. The van der Waals surface area contributed by atoms with Crippen LogP contribution in [0.15, 0.2) is 60.0 Å². The van der Waals surface area contributed by atoms with Crippen LogP contribution in [0.5, 0.6) is 11.5 Å². The number of fused-ring (bicyclic) bond motifs is 1. The number of pyridine rings is 1. The molecular formula is C46H55F3N6O7S2. The van der Waals surface area contributed by atoms with Crippen LogP contribution in [0.25, 0.3) is 21.6 Å². The van der Waals surface area contributed by atoms with Gasteiger partial charge in [0.25, 0.3) is 0 Å². The molecule has 0 bridgehead atoms. The molecule has 0 radical (unpaired) electrons. The van der Waals surface area contributed by atoms with Crippen LogP contribution in [-0.2, 0) is 30.6 Å². The van der Waals surface area contributed by atoms with E-state index in [1.807, 2.05) is 36.6 Å². The molecule has 64 heavy (non-hydrogen) atoms. The van der Waals surface area contributed by atoms with E-state index in [0.717, 1.165) is 29.8 Å². The Morgan fingerprint density at radius 2 is 1.83 bits per heavy atom. The molecule has 7 rings (SSSR count). The lowest BCUT2D eigenvalue weighted by atomic mass is 10.0. The number of methoxy groups -OCH3 is 1. The summed E-state index contributed by atoms with van der Waals surface area (Å²) in [5, 5.41) is 6.42. The summed E-state index contributed by atoms with van der Waals surface area (Å²) in [4.78, 5) is 51.2. The number of nitrogens with one attached hydrogen (secondary N) is 2. The summed E-state index contributed by atoms with van der Waals surface area (Å²) >= 11 is 1.46. The standard InChI is InChI=1S/C46H55F3N6O7S2/c1-26(2)36-25-63-43(53-36)35-23-39(32-16-17-38(61-5)27(3)40(32)52-35)62-31-22-37(41(50)56)55(24-31)44(58)34(51-30-14-11-13-29(21-30)46(47,48)49)15-10-8-6-7-9-12-28-20-33(28)42(57)54-64(59,60)45(4)18-19-45/h9,11-14,16-17,21,23,25-26,28,31,33-34,37,51H,6-8,10,15,18-20,22,24H2,1-5H3,(H2,50,56)(H,54,57)/b12-9-/t28-,31?,33+,34+,37+/m1/s1. The number of nitrogens with zero attached hydrogens (tertiary/aromatic N) is 3. The van der Waals surface area contributed by atoms with E-state index in [-0.39, 0.29) is 42.8 Å². The van der Waals surface area contributed by atoms with Crippen molar-refractivity contribution in [3.8, 4) is 22.2 Å². The molecule has 1 unspecified atom stereocenters. The zero-order valence-corrected chi connectivity index (χ0v) is 38.2. The summed E-state index contributed by atoms with van der Waals surface area (Å²) in [5.41, 5.74) is 8.09. The zero-order chi connectivity index (χ0) is 46.1. The number of carbonyl (C=O) groups is 3. The zero-order valence-electron chi connectivity index (χ0n) is 36.5. The number of primary amides is 1. The van der Waals surface area contributed by atoms with Gasteiger partial charge < -0.3 is 25.4 Å². The first-order chi connectivity index (χ1) is 30.3. The van der Waals surface area contributed by atoms with E-state index in [9.17, 15) is 36.0 Å². The lowest BCUT2D eigenvalue weighted by molar-refractivity contribution is -0.138. The highest BCUT2D eigenvalue weighted by molar-refractivity contribution is 7.91. The van der Waals surface area contributed by atoms with Crippen LogP contribution < -0.4 is 25.2 Å². The molecule has 0 spiro atoms. The van der Waals surface area contributed by atoms with Crippen LogP contribution >= 0.6 is 11.3 Å². The topological polar surface area (TPSA) is 183 Å². The molecule has 3 heterocycles. The number of nitrogens with two attached hydrogens (primary N) is 1. The maximum Gasteiger partial charge on any atom is 0.416 e. The number of hydrogen-bond acceptors (Lipinski definition) is 11. The number of ether oxygens (including phenoxy) is 2. The molecule has 1 saturated heterocycles.